The number of aromatic nitrogens is 1. The molecule has 1 aromatic carbocycles. The van der Waals surface area contributed by atoms with Gasteiger partial charge in [0, 0.05) is 29.9 Å². The average Bonchev–Trinajstić information content (AvgIpc) is 3.32. The van der Waals surface area contributed by atoms with E-state index in [2.05, 4.69) is 9.72 Å². The predicted molar refractivity (Wildman–Crippen MR) is 97.7 cm³/mol. The molecule has 1 aliphatic heterocycles. The van der Waals surface area contributed by atoms with Gasteiger partial charge in [0.1, 0.15) is 29.0 Å². The molecule has 3 aromatic rings. The lowest BCUT2D eigenvalue weighted by Gasteiger charge is -2.34. The lowest BCUT2D eigenvalue weighted by atomic mass is 10.1. The number of fused-ring (bicyclic) bond motifs is 1. The molecule has 0 aliphatic carbocycles. The predicted octanol–water partition coefficient (Wildman–Crippen LogP) is 4.44. The minimum atomic E-state index is -4.78. The lowest BCUT2D eigenvalue weighted by Crippen LogP contribution is -2.43. The van der Waals surface area contributed by atoms with Crippen LogP contribution in [0.25, 0.3) is 10.9 Å². The van der Waals surface area contributed by atoms with Crippen LogP contribution >= 0.6 is 0 Å². The van der Waals surface area contributed by atoms with Crippen molar-refractivity contribution in [3.05, 3.63) is 53.6 Å². The van der Waals surface area contributed by atoms with Crippen molar-refractivity contribution in [2.24, 2.45) is 0 Å². The van der Waals surface area contributed by atoms with Gasteiger partial charge in [0.2, 0.25) is 0 Å². The molecule has 9 heteroatoms. The molecular weight excluding hydrogens is 389 g/mol. The van der Waals surface area contributed by atoms with Gasteiger partial charge < -0.3 is 23.8 Å². The molecule has 0 bridgehead atoms. The summed E-state index contributed by atoms with van der Waals surface area (Å²) < 4.78 is 52.6. The fourth-order valence-electron chi connectivity index (χ4n) is 3.42. The van der Waals surface area contributed by atoms with E-state index in [0.29, 0.717) is 36.4 Å². The number of H-pyrrole nitrogens is 1. The summed E-state index contributed by atoms with van der Waals surface area (Å²) in [5.41, 5.74) is 0.657. The van der Waals surface area contributed by atoms with E-state index in [1.54, 1.807) is 11.0 Å². The van der Waals surface area contributed by atoms with Crippen molar-refractivity contribution in [1.82, 2.24) is 9.88 Å². The van der Waals surface area contributed by atoms with Gasteiger partial charge in [-0.15, -0.1) is 13.2 Å². The number of carbonyl (C=O) groups is 1. The molecule has 3 heterocycles. The number of nitrogens with zero attached hydrogens (tertiary/aromatic N) is 1. The molecule has 6 nitrogen and oxygen atoms in total. The van der Waals surface area contributed by atoms with Crippen LogP contribution in [0.15, 0.2) is 40.8 Å². The third-order valence-corrected chi connectivity index (χ3v) is 4.81. The molecule has 0 spiro atoms. The molecule has 29 heavy (non-hydrogen) atoms. The number of aryl methyl sites for hydroxylation is 1. The Labute approximate surface area is 164 Å². The Balaban J connectivity index is 1.60. The van der Waals surface area contributed by atoms with Crippen molar-refractivity contribution in [2.45, 2.75) is 25.7 Å². The summed E-state index contributed by atoms with van der Waals surface area (Å²) in [5.74, 6) is 0.840. The number of rotatable bonds is 4. The maximum atomic E-state index is 13.1. The second kappa shape index (κ2) is 7.47. The number of alkyl halides is 3. The van der Waals surface area contributed by atoms with E-state index in [9.17, 15) is 18.0 Å². The minimum absolute atomic E-state index is 0.276. The number of halogens is 3. The zero-order chi connectivity index (χ0) is 20.6. The molecule has 1 saturated heterocycles. The number of aromatic amines is 1. The molecule has 154 valence electrons. The van der Waals surface area contributed by atoms with Crippen molar-refractivity contribution in [3.8, 4) is 5.75 Å². The number of hydrogen-bond donors (Lipinski definition) is 1. The zero-order valence-corrected chi connectivity index (χ0v) is 15.6. The number of benzene rings is 1. The molecular formula is C20H19F3N2O4. The van der Waals surface area contributed by atoms with Crippen molar-refractivity contribution < 1.29 is 31.9 Å². The largest absolute Gasteiger partial charge is 0.573 e. The highest BCUT2D eigenvalue weighted by Gasteiger charge is 2.33. The van der Waals surface area contributed by atoms with E-state index < -0.39 is 6.36 Å². The second-order valence-corrected chi connectivity index (χ2v) is 6.73. The first kappa shape index (κ1) is 19.4. The van der Waals surface area contributed by atoms with E-state index in [1.165, 1.54) is 18.2 Å². The summed E-state index contributed by atoms with van der Waals surface area (Å²) in [6.07, 6.45) is -4.04. The third kappa shape index (κ3) is 4.09. The molecule has 0 saturated carbocycles. The van der Waals surface area contributed by atoms with Crippen LogP contribution in [0, 0.1) is 0 Å². The summed E-state index contributed by atoms with van der Waals surface area (Å²) >= 11 is 0. The van der Waals surface area contributed by atoms with Crippen LogP contribution in [0.3, 0.4) is 0 Å². The normalized spacial score (nSPS) is 17.7. The molecule has 1 fully saturated rings. The highest BCUT2D eigenvalue weighted by molar-refractivity contribution is 5.98. The highest BCUT2D eigenvalue weighted by atomic mass is 19.4. The Morgan fingerprint density at radius 2 is 2.10 bits per heavy atom. The maximum absolute atomic E-state index is 13.1. The number of amides is 1. The summed E-state index contributed by atoms with van der Waals surface area (Å²) in [6.45, 7) is 3.06. The van der Waals surface area contributed by atoms with Crippen molar-refractivity contribution in [1.29, 1.82) is 0 Å². The maximum Gasteiger partial charge on any atom is 0.573 e. The topological polar surface area (TPSA) is 67.7 Å². The molecule has 2 aromatic heterocycles. The number of morpholine rings is 1. The number of furan rings is 1. The van der Waals surface area contributed by atoms with Gasteiger partial charge >= 0.3 is 6.36 Å². The van der Waals surface area contributed by atoms with Crippen LogP contribution in [0.5, 0.6) is 5.75 Å². The highest BCUT2D eigenvalue weighted by Crippen LogP contribution is 2.30. The summed E-state index contributed by atoms with van der Waals surface area (Å²) in [7, 11) is 0. The molecule has 1 N–H and O–H groups in total. The Hall–Kier alpha value is -2.94. The number of nitrogens with one attached hydrogen (secondary N) is 1. The Bertz CT molecular complexity index is 1020. The van der Waals surface area contributed by atoms with Gasteiger partial charge in [0.25, 0.3) is 5.91 Å². The number of ether oxygens (including phenoxy) is 2. The third-order valence-electron chi connectivity index (χ3n) is 4.81. The van der Waals surface area contributed by atoms with Gasteiger partial charge in [-0.25, -0.2) is 0 Å². The van der Waals surface area contributed by atoms with Crippen molar-refractivity contribution in [2.75, 3.05) is 19.8 Å². The molecule has 1 unspecified atom stereocenters. The molecule has 1 amide bonds. The average molecular weight is 408 g/mol. The standard InChI is InChI=1S/C20H19F3N2O4/c1-2-13-5-6-18(28-13)17-11-27-8-7-25(17)19(26)16-9-12-3-4-14(10-15(12)24-16)29-20(21,22)23/h3-6,9-10,17,24H,2,7-8,11H2,1H3. The Morgan fingerprint density at radius 3 is 2.83 bits per heavy atom. The number of hydrogen-bond acceptors (Lipinski definition) is 4. The molecule has 1 atom stereocenters. The van der Waals surface area contributed by atoms with Gasteiger partial charge in [-0.1, -0.05) is 6.92 Å². The van der Waals surface area contributed by atoms with E-state index in [0.717, 1.165) is 12.2 Å². The van der Waals surface area contributed by atoms with Gasteiger partial charge in [-0.05, 0) is 30.3 Å². The van der Waals surface area contributed by atoms with E-state index in [4.69, 9.17) is 9.15 Å². The van der Waals surface area contributed by atoms with Crippen LogP contribution in [0.4, 0.5) is 13.2 Å². The van der Waals surface area contributed by atoms with Crippen LogP contribution < -0.4 is 4.74 Å². The van der Waals surface area contributed by atoms with Gasteiger partial charge in [-0.2, -0.15) is 0 Å². The minimum Gasteiger partial charge on any atom is -0.464 e. The van der Waals surface area contributed by atoms with Crippen LogP contribution in [-0.2, 0) is 11.2 Å². The van der Waals surface area contributed by atoms with E-state index in [-0.39, 0.29) is 23.4 Å². The summed E-state index contributed by atoms with van der Waals surface area (Å²) in [6, 6.07) is 8.86. The summed E-state index contributed by atoms with van der Waals surface area (Å²) in [4.78, 5) is 17.7. The Morgan fingerprint density at radius 1 is 1.28 bits per heavy atom. The van der Waals surface area contributed by atoms with E-state index >= 15 is 0 Å². The van der Waals surface area contributed by atoms with Gasteiger partial charge in [0.05, 0.1) is 13.2 Å². The molecule has 1 aliphatic rings. The van der Waals surface area contributed by atoms with E-state index in [1.807, 2.05) is 19.1 Å². The Kier molecular flexibility index (Phi) is 4.99. The second-order valence-electron chi connectivity index (χ2n) is 6.73. The molecule has 0 radical (unpaired) electrons. The molecule has 4 rings (SSSR count). The fraction of sp³-hybridized carbons (Fsp3) is 0.350. The first-order valence-electron chi connectivity index (χ1n) is 9.20. The number of carbonyl (C=O) groups excluding carboxylic acids is 1. The zero-order valence-electron chi connectivity index (χ0n) is 15.6. The SMILES string of the molecule is CCc1ccc(C2COCCN2C(=O)c2cc3ccc(OC(F)(F)F)cc3[nH]2)o1. The van der Waals surface area contributed by atoms with Crippen LogP contribution in [-0.4, -0.2) is 41.9 Å². The summed E-state index contributed by atoms with van der Waals surface area (Å²) in [5, 5.41) is 0.610. The smallest absolute Gasteiger partial charge is 0.464 e. The monoisotopic (exact) mass is 408 g/mol. The van der Waals surface area contributed by atoms with Gasteiger partial charge in [-0.3, -0.25) is 4.79 Å². The van der Waals surface area contributed by atoms with Crippen LogP contribution in [0.1, 0.15) is 35.0 Å². The van der Waals surface area contributed by atoms with Crippen molar-refractivity contribution in [3.63, 3.8) is 0 Å². The quantitative estimate of drug-likeness (QED) is 0.693. The fourth-order valence-corrected chi connectivity index (χ4v) is 3.42. The lowest BCUT2D eigenvalue weighted by molar-refractivity contribution is -0.274. The van der Waals surface area contributed by atoms with Crippen LogP contribution in [0.2, 0.25) is 0 Å². The first-order chi connectivity index (χ1) is 13.8. The first-order valence-corrected chi connectivity index (χ1v) is 9.20. The van der Waals surface area contributed by atoms with Crippen molar-refractivity contribution >= 4 is 16.8 Å². The van der Waals surface area contributed by atoms with Gasteiger partial charge in [0.15, 0.2) is 0 Å².